The van der Waals surface area contributed by atoms with E-state index in [2.05, 4.69) is 0 Å². The van der Waals surface area contributed by atoms with Gasteiger partial charge in [0.05, 0.1) is 12.7 Å². The molecule has 1 aliphatic rings. The molecule has 1 unspecified atom stereocenters. The van der Waals surface area contributed by atoms with Crippen LogP contribution in [0.5, 0.6) is 0 Å². The number of carbonyl (C=O) groups is 1. The predicted octanol–water partition coefficient (Wildman–Crippen LogP) is 1.94. The van der Waals surface area contributed by atoms with Crippen molar-refractivity contribution in [3.8, 4) is 0 Å². The van der Waals surface area contributed by atoms with E-state index in [1.54, 1.807) is 14.2 Å². The van der Waals surface area contributed by atoms with Crippen LogP contribution in [-0.4, -0.2) is 44.6 Å². The van der Waals surface area contributed by atoms with Crippen LogP contribution in [0.3, 0.4) is 0 Å². The molecular formula is C16H22O5. The fourth-order valence-corrected chi connectivity index (χ4v) is 2.49. The third-order valence-electron chi connectivity index (χ3n) is 3.63. The van der Waals surface area contributed by atoms with E-state index in [9.17, 15) is 4.79 Å². The maximum atomic E-state index is 11.6. The molecule has 21 heavy (non-hydrogen) atoms. The van der Waals surface area contributed by atoms with Crippen LogP contribution in [0.1, 0.15) is 18.9 Å². The summed E-state index contributed by atoms with van der Waals surface area (Å²) in [6, 6.07) is 9.89. The molecule has 4 atom stereocenters. The van der Waals surface area contributed by atoms with Gasteiger partial charge in [-0.1, -0.05) is 30.3 Å². The molecule has 0 N–H and O–H groups in total. The maximum absolute atomic E-state index is 11.6. The number of rotatable bonds is 6. The molecule has 0 spiro atoms. The Morgan fingerprint density at radius 1 is 1.19 bits per heavy atom. The second-order valence-electron chi connectivity index (χ2n) is 5.12. The second kappa shape index (κ2) is 7.66. The number of Topliss-reactive ketones (excluding diaryl/α,β-unsaturated/α-hetero) is 1. The zero-order chi connectivity index (χ0) is 15.2. The Hall–Kier alpha value is -1.27. The average Bonchev–Trinajstić information content (AvgIpc) is 2.52. The van der Waals surface area contributed by atoms with Gasteiger partial charge in [0.15, 0.2) is 12.1 Å². The van der Waals surface area contributed by atoms with E-state index in [0.717, 1.165) is 5.56 Å². The molecule has 0 amide bonds. The number of carbonyl (C=O) groups excluding carboxylic acids is 1. The van der Waals surface area contributed by atoms with Gasteiger partial charge >= 0.3 is 0 Å². The quantitative estimate of drug-likeness (QED) is 0.802. The summed E-state index contributed by atoms with van der Waals surface area (Å²) in [6.45, 7) is 1.96. The molecule has 0 bridgehead atoms. The summed E-state index contributed by atoms with van der Waals surface area (Å²) in [5, 5.41) is 0. The number of hydrogen-bond acceptors (Lipinski definition) is 5. The third-order valence-corrected chi connectivity index (χ3v) is 3.63. The van der Waals surface area contributed by atoms with E-state index in [1.165, 1.54) is 6.92 Å². The highest BCUT2D eigenvalue weighted by Gasteiger charge is 2.41. The Labute approximate surface area is 125 Å². The van der Waals surface area contributed by atoms with Gasteiger partial charge in [0.1, 0.15) is 12.2 Å². The summed E-state index contributed by atoms with van der Waals surface area (Å²) >= 11 is 0. The van der Waals surface area contributed by atoms with Crippen LogP contribution in [0.25, 0.3) is 0 Å². The van der Waals surface area contributed by atoms with E-state index in [1.807, 2.05) is 30.3 Å². The monoisotopic (exact) mass is 294 g/mol. The molecule has 1 aromatic carbocycles. The van der Waals surface area contributed by atoms with Crippen molar-refractivity contribution < 1.29 is 23.7 Å². The first kappa shape index (κ1) is 16.1. The molecule has 1 saturated heterocycles. The normalized spacial score (nSPS) is 29.3. The van der Waals surface area contributed by atoms with Gasteiger partial charge in [0.25, 0.3) is 0 Å². The Morgan fingerprint density at radius 2 is 1.90 bits per heavy atom. The molecule has 0 radical (unpaired) electrons. The van der Waals surface area contributed by atoms with Crippen LogP contribution >= 0.6 is 0 Å². The lowest BCUT2D eigenvalue weighted by atomic mass is 9.99. The van der Waals surface area contributed by atoms with Gasteiger partial charge < -0.3 is 18.9 Å². The molecular weight excluding hydrogens is 272 g/mol. The van der Waals surface area contributed by atoms with Crippen molar-refractivity contribution in [2.24, 2.45) is 0 Å². The third kappa shape index (κ3) is 4.11. The molecule has 1 heterocycles. The van der Waals surface area contributed by atoms with Gasteiger partial charge in [-0.3, -0.25) is 4.79 Å². The van der Waals surface area contributed by atoms with E-state index < -0.39 is 12.4 Å². The summed E-state index contributed by atoms with van der Waals surface area (Å²) in [4.78, 5) is 11.6. The zero-order valence-electron chi connectivity index (χ0n) is 12.7. The molecule has 0 aromatic heterocycles. The van der Waals surface area contributed by atoms with Gasteiger partial charge in [-0.05, 0) is 12.5 Å². The Balaban J connectivity index is 1.99. The molecule has 5 heteroatoms. The first-order valence-corrected chi connectivity index (χ1v) is 7.02. The highest BCUT2D eigenvalue weighted by molar-refractivity contribution is 5.81. The Bertz CT molecular complexity index is 447. The smallest absolute Gasteiger partial charge is 0.184 e. The van der Waals surface area contributed by atoms with Crippen LogP contribution in [0.4, 0.5) is 0 Å². The van der Waals surface area contributed by atoms with Crippen molar-refractivity contribution >= 4 is 5.78 Å². The average molecular weight is 294 g/mol. The molecule has 1 fully saturated rings. The molecule has 5 nitrogen and oxygen atoms in total. The second-order valence-corrected chi connectivity index (χ2v) is 5.12. The van der Waals surface area contributed by atoms with Gasteiger partial charge in [0.2, 0.25) is 0 Å². The predicted molar refractivity (Wildman–Crippen MR) is 76.8 cm³/mol. The molecule has 1 aromatic rings. The Morgan fingerprint density at radius 3 is 2.48 bits per heavy atom. The Kier molecular flexibility index (Phi) is 5.87. The first-order chi connectivity index (χ1) is 10.2. The number of benzene rings is 1. The maximum Gasteiger partial charge on any atom is 0.184 e. The van der Waals surface area contributed by atoms with Gasteiger partial charge in [-0.2, -0.15) is 0 Å². The lowest BCUT2D eigenvalue weighted by molar-refractivity contribution is -0.265. The fourth-order valence-electron chi connectivity index (χ4n) is 2.49. The minimum absolute atomic E-state index is 0.0644. The summed E-state index contributed by atoms with van der Waals surface area (Å²) in [6.07, 6.45) is -1.18. The van der Waals surface area contributed by atoms with Crippen LogP contribution in [0, 0.1) is 0 Å². The highest BCUT2D eigenvalue weighted by Crippen LogP contribution is 2.26. The first-order valence-electron chi connectivity index (χ1n) is 7.02. The van der Waals surface area contributed by atoms with Crippen molar-refractivity contribution in [3.63, 3.8) is 0 Å². The van der Waals surface area contributed by atoms with Crippen LogP contribution in [-0.2, 0) is 30.3 Å². The SMILES string of the molecule is COC1O[C@H](C(C)=O)[C@@H](OC)C[C@H]1OCc1ccccc1. The van der Waals surface area contributed by atoms with Crippen molar-refractivity contribution in [1.29, 1.82) is 0 Å². The molecule has 0 saturated carbocycles. The van der Waals surface area contributed by atoms with E-state index in [0.29, 0.717) is 13.0 Å². The fraction of sp³-hybridized carbons (Fsp3) is 0.562. The van der Waals surface area contributed by atoms with E-state index in [4.69, 9.17) is 18.9 Å². The van der Waals surface area contributed by atoms with Gasteiger partial charge in [-0.15, -0.1) is 0 Å². The van der Waals surface area contributed by atoms with Crippen molar-refractivity contribution in [2.45, 2.75) is 44.6 Å². The van der Waals surface area contributed by atoms with Crippen molar-refractivity contribution in [2.75, 3.05) is 14.2 Å². The number of hydrogen-bond donors (Lipinski definition) is 0. The summed E-state index contributed by atoms with van der Waals surface area (Å²) in [5.74, 6) is -0.0644. The topological polar surface area (TPSA) is 54.0 Å². The van der Waals surface area contributed by atoms with Gasteiger partial charge in [0, 0.05) is 20.6 Å². The van der Waals surface area contributed by atoms with Gasteiger partial charge in [-0.25, -0.2) is 0 Å². The van der Waals surface area contributed by atoms with Crippen molar-refractivity contribution in [1.82, 2.24) is 0 Å². The molecule has 116 valence electrons. The zero-order valence-corrected chi connectivity index (χ0v) is 12.7. The molecule has 2 rings (SSSR count). The number of ether oxygens (including phenoxy) is 4. The minimum atomic E-state index is -0.600. The van der Waals surface area contributed by atoms with Crippen LogP contribution < -0.4 is 0 Å². The summed E-state index contributed by atoms with van der Waals surface area (Å²) in [7, 11) is 3.12. The van der Waals surface area contributed by atoms with E-state index in [-0.39, 0.29) is 18.0 Å². The lowest BCUT2D eigenvalue weighted by Crippen LogP contribution is -2.52. The van der Waals surface area contributed by atoms with Crippen LogP contribution in [0.2, 0.25) is 0 Å². The number of ketones is 1. The lowest BCUT2D eigenvalue weighted by Gasteiger charge is -2.38. The van der Waals surface area contributed by atoms with E-state index >= 15 is 0 Å². The molecule has 1 aliphatic heterocycles. The number of methoxy groups -OCH3 is 2. The van der Waals surface area contributed by atoms with Crippen LogP contribution in [0.15, 0.2) is 30.3 Å². The standard InChI is InChI=1S/C16H22O5/c1-11(17)15-13(18-2)9-14(16(19-3)21-15)20-10-12-7-5-4-6-8-12/h4-8,13-16H,9-10H2,1-3H3/t13-,14+,15+,16?/m0/s1. The van der Waals surface area contributed by atoms with Crippen molar-refractivity contribution in [3.05, 3.63) is 35.9 Å². The largest absolute Gasteiger partial charge is 0.378 e. The summed E-state index contributed by atoms with van der Waals surface area (Å²) < 4.78 is 22.2. The highest BCUT2D eigenvalue weighted by atomic mass is 16.7. The minimum Gasteiger partial charge on any atom is -0.378 e. The molecule has 0 aliphatic carbocycles. The summed E-state index contributed by atoms with van der Waals surface area (Å²) in [5.41, 5.74) is 1.08.